The van der Waals surface area contributed by atoms with Crippen LogP contribution in [0.15, 0.2) is 4.99 Å². The number of hydrogen-bond donors (Lipinski definition) is 2. The van der Waals surface area contributed by atoms with Gasteiger partial charge in [0.1, 0.15) is 6.04 Å². The summed E-state index contributed by atoms with van der Waals surface area (Å²) >= 11 is 0. The van der Waals surface area contributed by atoms with Crippen molar-refractivity contribution in [2.45, 2.75) is 44.7 Å². The van der Waals surface area contributed by atoms with E-state index in [1.807, 2.05) is 13.8 Å². The van der Waals surface area contributed by atoms with E-state index in [9.17, 15) is 4.79 Å². The van der Waals surface area contributed by atoms with Crippen LogP contribution in [0.2, 0.25) is 0 Å². The lowest BCUT2D eigenvalue weighted by Gasteiger charge is -2.18. The number of nitrogens with zero attached hydrogens (tertiary/aromatic N) is 1. The van der Waals surface area contributed by atoms with Gasteiger partial charge in [0.2, 0.25) is 0 Å². The molecule has 0 aliphatic rings. The maximum absolute atomic E-state index is 10.5. The fraction of sp³-hybridized carbons (Fsp3) is 0.778. The monoisotopic (exact) mass is 186 g/mol. The molecule has 0 fully saturated rings. The molecule has 4 nitrogen and oxygen atoms in total. The summed E-state index contributed by atoms with van der Waals surface area (Å²) in [6, 6.07) is -0.678. The Bertz CT molecular complexity index is 185. The number of carboxylic acid groups (broad SMARTS) is 1. The number of rotatable bonds is 6. The largest absolute Gasteiger partial charge is 0.480 e. The van der Waals surface area contributed by atoms with Crippen molar-refractivity contribution in [3.63, 3.8) is 0 Å². The van der Waals surface area contributed by atoms with Gasteiger partial charge in [0.15, 0.2) is 0 Å². The van der Waals surface area contributed by atoms with Crippen LogP contribution in [0, 0.1) is 0 Å². The van der Waals surface area contributed by atoms with E-state index in [0.29, 0.717) is 6.42 Å². The molecule has 0 spiro atoms. The Balaban J connectivity index is 3.74. The zero-order valence-corrected chi connectivity index (χ0v) is 8.29. The van der Waals surface area contributed by atoms with Crippen LogP contribution in [0.4, 0.5) is 0 Å². The summed E-state index contributed by atoms with van der Waals surface area (Å²) in [5, 5.41) is 8.64. The van der Waals surface area contributed by atoms with Crippen LogP contribution in [0.25, 0.3) is 0 Å². The highest BCUT2D eigenvalue weighted by atomic mass is 16.4. The minimum absolute atomic E-state index is 0.232. The number of nitrogens with two attached hydrogens (primary N) is 1. The highest BCUT2D eigenvalue weighted by Crippen LogP contribution is 2.12. The first-order valence-corrected chi connectivity index (χ1v) is 4.34. The molecule has 0 aromatic heterocycles. The van der Waals surface area contributed by atoms with Gasteiger partial charge in [-0.2, -0.15) is 0 Å². The van der Waals surface area contributed by atoms with E-state index in [0.717, 1.165) is 12.8 Å². The Labute approximate surface area is 78.8 Å². The van der Waals surface area contributed by atoms with E-state index in [1.54, 1.807) is 0 Å². The Morgan fingerprint density at radius 3 is 2.54 bits per heavy atom. The molecule has 13 heavy (non-hydrogen) atoms. The molecule has 3 N–H and O–H groups in total. The van der Waals surface area contributed by atoms with Gasteiger partial charge in [0.05, 0.1) is 0 Å². The number of aliphatic imine (C=N–C) groups is 1. The SMILES string of the molecule is C=NC(CCCC(C)(C)N)C(=O)O. The Hall–Kier alpha value is -0.900. The summed E-state index contributed by atoms with van der Waals surface area (Å²) in [6.45, 7) is 7.08. The van der Waals surface area contributed by atoms with Gasteiger partial charge >= 0.3 is 5.97 Å². The second-order valence-corrected chi connectivity index (χ2v) is 3.92. The molecule has 76 valence electrons. The molecule has 0 radical (unpaired) electrons. The van der Waals surface area contributed by atoms with Crippen LogP contribution in [-0.4, -0.2) is 29.4 Å². The van der Waals surface area contributed by atoms with Crippen molar-refractivity contribution in [3.05, 3.63) is 0 Å². The summed E-state index contributed by atoms with van der Waals surface area (Å²) in [5.41, 5.74) is 5.51. The molecule has 0 aliphatic carbocycles. The normalized spacial score (nSPS) is 13.8. The molecule has 4 heteroatoms. The average molecular weight is 186 g/mol. The smallest absolute Gasteiger partial charge is 0.328 e. The Morgan fingerprint density at radius 1 is 1.69 bits per heavy atom. The predicted molar refractivity (Wildman–Crippen MR) is 53.1 cm³/mol. The third-order valence-electron chi connectivity index (χ3n) is 1.80. The fourth-order valence-electron chi connectivity index (χ4n) is 1.04. The molecule has 0 aromatic carbocycles. The van der Waals surface area contributed by atoms with Crippen molar-refractivity contribution < 1.29 is 9.90 Å². The van der Waals surface area contributed by atoms with E-state index in [-0.39, 0.29) is 5.54 Å². The maximum atomic E-state index is 10.5. The van der Waals surface area contributed by atoms with Gasteiger partial charge in [-0.05, 0) is 39.8 Å². The van der Waals surface area contributed by atoms with Crippen LogP contribution >= 0.6 is 0 Å². The quantitative estimate of drug-likeness (QED) is 0.609. The van der Waals surface area contributed by atoms with Crippen LogP contribution < -0.4 is 5.73 Å². The van der Waals surface area contributed by atoms with E-state index < -0.39 is 12.0 Å². The zero-order valence-electron chi connectivity index (χ0n) is 8.29. The van der Waals surface area contributed by atoms with E-state index >= 15 is 0 Å². The molecule has 0 amide bonds. The molecule has 1 atom stereocenters. The molecule has 0 bridgehead atoms. The number of carboxylic acids is 1. The minimum Gasteiger partial charge on any atom is -0.480 e. The molecule has 0 aromatic rings. The van der Waals surface area contributed by atoms with Gasteiger partial charge in [-0.1, -0.05) is 0 Å². The van der Waals surface area contributed by atoms with Crippen molar-refractivity contribution in [3.8, 4) is 0 Å². The fourth-order valence-corrected chi connectivity index (χ4v) is 1.04. The van der Waals surface area contributed by atoms with Gasteiger partial charge in [0, 0.05) is 5.54 Å². The third-order valence-corrected chi connectivity index (χ3v) is 1.80. The maximum Gasteiger partial charge on any atom is 0.328 e. The van der Waals surface area contributed by atoms with E-state index in [2.05, 4.69) is 11.7 Å². The summed E-state index contributed by atoms with van der Waals surface area (Å²) in [4.78, 5) is 14.0. The molecule has 0 heterocycles. The van der Waals surface area contributed by atoms with E-state index in [4.69, 9.17) is 10.8 Å². The van der Waals surface area contributed by atoms with Crippen molar-refractivity contribution >= 4 is 12.7 Å². The molecule has 0 aliphatic heterocycles. The van der Waals surface area contributed by atoms with Gasteiger partial charge in [0.25, 0.3) is 0 Å². The Kier molecular flexibility index (Phi) is 4.62. The highest BCUT2D eigenvalue weighted by Gasteiger charge is 2.16. The molecule has 0 saturated heterocycles. The topological polar surface area (TPSA) is 75.7 Å². The summed E-state index contributed by atoms with van der Waals surface area (Å²) < 4.78 is 0. The van der Waals surface area contributed by atoms with Crippen LogP contribution in [-0.2, 0) is 4.79 Å². The molecular weight excluding hydrogens is 168 g/mol. The number of aliphatic carboxylic acids is 1. The lowest BCUT2D eigenvalue weighted by molar-refractivity contribution is -0.138. The van der Waals surface area contributed by atoms with E-state index in [1.165, 1.54) is 0 Å². The molecular formula is C9H18N2O2. The minimum atomic E-state index is -0.912. The highest BCUT2D eigenvalue weighted by molar-refractivity contribution is 5.74. The van der Waals surface area contributed by atoms with Crippen LogP contribution in [0.1, 0.15) is 33.1 Å². The zero-order chi connectivity index (χ0) is 10.5. The third kappa shape index (κ3) is 6.28. The molecule has 1 unspecified atom stereocenters. The first-order valence-electron chi connectivity index (χ1n) is 4.34. The summed E-state index contributed by atoms with van der Waals surface area (Å²) in [5.74, 6) is -0.912. The summed E-state index contributed by atoms with van der Waals surface area (Å²) in [6.07, 6.45) is 2.07. The van der Waals surface area contributed by atoms with Crippen molar-refractivity contribution in [2.75, 3.05) is 0 Å². The standard InChI is InChI=1S/C9H18N2O2/c1-9(2,10)6-4-5-7(11-3)8(12)13/h7H,3-6,10H2,1-2H3,(H,12,13). The number of hydrogen-bond acceptors (Lipinski definition) is 3. The Morgan fingerprint density at radius 2 is 2.23 bits per heavy atom. The molecule has 0 saturated carbocycles. The van der Waals surface area contributed by atoms with Crippen molar-refractivity contribution in [1.82, 2.24) is 0 Å². The van der Waals surface area contributed by atoms with Gasteiger partial charge in [-0.3, -0.25) is 4.99 Å². The number of carbonyl (C=O) groups is 1. The van der Waals surface area contributed by atoms with Gasteiger partial charge < -0.3 is 10.8 Å². The average Bonchev–Trinajstić information content (AvgIpc) is 1.95. The van der Waals surface area contributed by atoms with Gasteiger partial charge in [-0.15, -0.1) is 0 Å². The van der Waals surface area contributed by atoms with Crippen molar-refractivity contribution in [2.24, 2.45) is 10.7 Å². The first kappa shape index (κ1) is 12.1. The first-order chi connectivity index (χ1) is 5.87. The van der Waals surface area contributed by atoms with Crippen LogP contribution in [0.5, 0.6) is 0 Å². The molecule has 0 rings (SSSR count). The predicted octanol–water partition coefficient (Wildman–Crippen LogP) is 1.05. The summed E-state index contributed by atoms with van der Waals surface area (Å²) in [7, 11) is 0. The van der Waals surface area contributed by atoms with Crippen molar-refractivity contribution in [1.29, 1.82) is 0 Å². The second kappa shape index (κ2) is 4.97. The lowest BCUT2D eigenvalue weighted by atomic mass is 9.97. The van der Waals surface area contributed by atoms with Gasteiger partial charge in [-0.25, -0.2) is 4.79 Å². The van der Waals surface area contributed by atoms with Crippen LogP contribution in [0.3, 0.4) is 0 Å². The lowest BCUT2D eigenvalue weighted by Crippen LogP contribution is -2.32. The second-order valence-electron chi connectivity index (χ2n) is 3.92.